The molecule has 4 rings (SSSR count). The quantitative estimate of drug-likeness (QED) is 0.792. The van der Waals surface area contributed by atoms with Crippen molar-refractivity contribution in [1.82, 2.24) is 15.1 Å². The minimum absolute atomic E-state index is 0.486. The Morgan fingerprint density at radius 1 is 1.14 bits per heavy atom. The molecular formula is C17H18N4O. The zero-order valence-corrected chi connectivity index (χ0v) is 12.5. The zero-order chi connectivity index (χ0) is 14.9. The maximum Gasteiger partial charge on any atom is 0.223 e. The van der Waals surface area contributed by atoms with Gasteiger partial charge >= 0.3 is 0 Å². The fraction of sp³-hybridized carbons (Fsp3) is 0.353. The Bertz CT molecular complexity index is 805. The van der Waals surface area contributed by atoms with Crippen molar-refractivity contribution in [3.05, 3.63) is 36.2 Å². The van der Waals surface area contributed by atoms with Gasteiger partial charge < -0.3 is 9.84 Å². The first-order chi connectivity index (χ1) is 10.8. The van der Waals surface area contributed by atoms with Crippen LogP contribution in [0, 0.1) is 6.92 Å². The summed E-state index contributed by atoms with van der Waals surface area (Å²) in [6.45, 7) is 1.80. The van der Waals surface area contributed by atoms with Gasteiger partial charge in [0.25, 0.3) is 0 Å². The summed E-state index contributed by atoms with van der Waals surface area (Å²) in [6.07, 6.45) is 4.95. The first kappa shape index (κ1) is 13.2. The van der Waals surface area contributed by atoms with Crippen LogP contribution >= 0.6 is 0 Å². The lowest BCUT2D eigenvalue weighted by atomic mass is 10.1. The molecule has 0 aliphatic heterocycles. The smallest absolute Gasteiger partial charge is 0.223 e. The molecular weight excluding hydrogens is 276 g/mol. The SMILES string of the molecule is Cc1nc(-c2cc3ccccc3nc2NC2CCCC2)no1. The first-order valence-electron chi connectivity index (χ1n) is 7.76. The second kappa shape index (κ2) is 5.40. The number of benzene rings is 1. The number of para-hydroxylation sites is 1. The third-order valence-electron chi connectivity index (χ3n) is 4.19. The summed E-state index contributed by atoms with van der Waals surface area (Å²) in [7, 11) is 0. The van der Waals surface area contributed by atoms with E-state index in [4.69, 9.17) is 9.51 Å². The minimum Gasteiger partial charge on any atom is -0.367 e. The van der Waals surface area contributed by atoms with Crippen molar-refractivity contribution < 1.29 is 4.52 Å². The molecule has 0 atom stereocenters. The van der Waals surface area contributed by atoms with E-state index >= 15 is 0 Å². The van der Waals surface area contributed by atoms with Gasteiger partial charge in [0.15, 0.2) is 0 Å². The van der Waals surface area contributed by atoms with Crippen LogP contribution in [0.1, 0.15) is 31.6 Å². The van der Waals surface area contributed by atoms with Gasteiger partial charge in [0.1, 0.15) is 5.82 Å². The molecule has 1 fully saturated rings. The Morgan fingerprint density at radius 3 is 2.73 bits per heavy atom. The lowest BCUT2D eigenvalue weighted by Crippen LogP contribution is -2.16. The molecule has 5 heteroatoms. The van der Waals surface area contributed by atoms with Gasteiger partial charge in [0.05, 0.1) is 11.1 Å². The summed E-state index contributed by atoms with van der Waals surface area (Å²) >= 11 is 0. The molecule has 22 heavy (non-hydrogen) atoms. The van der Waals surface area contributed by atoms with E-state index in [0.29, 0.717) is 17.8 Å². The maximum absolute atomic E-state index is 5.14. The van der Waals surface area contributed by atoms with E-state index in [-0.39, 0.29) is 0 Å². The lowest BCUT2D eigenvalue weighted by molar-refractivity contribution is 0.394. The molecule has 0 bridgehead atoms. The number of hydrogen-bond donors (Lipinski definition) is 1. The number of rotatable bonds is 3. The van der Waals surface area contributed by atoms with Crippen molar-refractivity contribution in [2.75, 3.05) is 5.32 Å². The standard InChI is InChI=1S/C17H18N4O/c1-11-18-17(21-22-11)14-10-12-6-2-5-9-15(12)20-16(14)19-13-7-3-4-8-13/h2,5-6,9-10,13H,3-4,7-8H2,1H3,(H,19,20). The van der Waals surface area contributed by atoms with Crippen molar-refractivity contribution in [3.8, 4) is 11.4 Å². The van der Waals surface area contributed by atoms with Crippen molar-refractivity contribution in [3.63, 3.8) is 0 Å². The highest BCUT2D eigenvalue weighted by atomic mass is 16.5. The Balaban J connectivity index is 1.83. The highest BCUT2D eigenvalue weighted by Gasteiger charge is 2.19. The van der Waals surface area contributed by atoms with Gasteiger partial charge in [0.2, 0.25) is 11.7 Å². The summed E-state index contributed by atoms with van der Waals surface area (Å²) in [5.74, 6) is 2.01. The molecule has 0 unspecified atom stereocenters. The van der Waals surface area contributed by atoms with Crippen LogP contribution in [0.25, 0.3) is 22.3 Å². The van der Waals surface area contributed by atoms with E-state index in [2.05, 4.69) is 27.6 Å². The van der Waals surface area contributed by atoms with Crippen LogP contribution in [-0.4, -0.2) is 21.2 Å². The van der Waals surface area contributed by atoms with Gasteiger partial charge in [-0.3, -0.25) is 0 Å². The summed E-state index contributed by atoms with van der Waals surface area (Å²) in [4.78, 5) is 9.16. The van der Waals surface area contributed by atoms with Gasteiger partial charge in [0, 0.05) is 18.4 Å². The molecule has 1 aliphatic rings. The predicted octanol–water partition coefficient (Wildman–Crippen LogP) is 3.95. The second-order valence-corrected chi connectivity index (χ2v) is 5.84. The van der Waals surface area contributed by atoms with E-state index in [1.807, 2.05) is 18.2 Å². The normalized spacial score (nSPS) is 15.5. The van der Waals surface area contributed by atoms with Gasteiger partial charge in [-0.2, -0.15) is 4.98 Å². The Labute approximate surface area is 128 Å². The maximum atomic E-state index is 5.14. The molecule has 2 aromatic heterocycles. The number of anilines is 1. The van der Waals surface area contributed by atoms with Crippen LogP contribution in [0.3, 0.4) is 0 Å². The molecule has 1 saturated carbocycles. The van der Waals surface area contributed by atoms with Crippen molar-refractivity contribution >= 4 is 16.7 Å². The third kappa shape index (κ3) is 2.43. The number of nitrogens with one attached hydrogen (secondary N) is 1. The molecule has 1 aromatic carbocycles. The number of aromatic nitrogens is 3. The van der Waals surface area contributed by atoms with Gasteiger partial charge in [-0.15, -0.1) is 0 Å². The largest absolute Gasteiger partial charge is 0.367 e. The first-order valence-corrected chi connectivity index (χ1v) is 7.76. The number of fused-ring (bicyclic) bond motifs is 1. The average molecular weight is 294 g/mol. The van der Waals surface area contributed by atoms with Gasteiger partial charge in [-0.05, 0) is 25.0 Å². The summed E-state index contributed by atoms with van der Waals surface area (Å²) < 4.78 is 5.14. The molecule has 0 radical (unpaired) electrons. The average Bonchev–Trinajstić information content (AvgIpc) is 3.18. The number of nitrogens with zero attached hydrogens (tertiary/aromatic N) is 3. The third-order valence-corrected chi connectivity index (χ3v) is 4.19. The zero-order valence-electron chi connectivity index (χ0n) is 12.5. The molecule has 112 valence electrons. The molecule has 1 N–H and O–H groups in total. The van der Waals surface area contributed by atoms with E-state index in [0.717, 1.165) is 22.3 Å². The van der Waals surface area contributed by atoms with Crippen molar-refractivity contribution in [1.29, 1.82) is 0 Å². The van der Waals surface area contributed by atoms with Crippen molar-refractivity contribution in [2.24, 2.45) is 0 Å². The number of aryl methyl sites for hydroxylation is 1. The number of hydrogen-bond acceptors (Lipinski definition) is 5. The van der Waals surface area contributed by atoms with Gasteiger partial charge in [-0.1, -0.05) is 36.2 Å². The van der Waals surface area contributed by atoms with Crippen LogP contribution in [0.15, 0.2) is 34.9 Å². The minimum atomic E-state index is 0.486. The second-order valence-electron chi connectivity index (χ2n) is 5.84. The van der Waals surface area contributed by atoms with Crippen LogP contribution in [0.4, 0.5) is 5.82 Å². The van der Waals surface area contributed by atoms with Crippen LogP contribution in [0.2, 0.25) is 0 Å². The highest BCUT2D eigenvalue weighted by Crippen LogP contribution is 2.31. The van der Waals surface area contributed by atoms with E-state index in [9.17, 15) is 0 Å². The molecule has 3 aromatic rings. The van der Waals surface area contributed by atoms with E-state index in [1.54, 1.807) is 6.92 Å². The fourth-order valence-electron chi connectivity index (χ4n) is 3.07. The van der Waals surface area contributed by atoms with E-state index < -0.39 is 0 Å². The Kier molecular flexibility index (Phi) is 3.25. The lowest BCUT2D eigenvalue weighted by Gasteiger charge is -2.15. The summed E-state index contributed by atoms with van der Waals surface area (Å²) in [5, 5.41) is 8.72. The van der Waals surface area contributed by atoms with Crippen LogP contribution in [-0.2, 0) is 0 Å². The van der Waals surface area contributed by atoms with Crippen LogP contribution in [0.5, 0.6) is 0 Å². The summed E-state index contributed by atoms with van der Waals surface area (Å²) in [5.41, 5.74) is 1.88. The fourth-order valence-corrected chi connectivity index (χ4v) is 3.07. The highest BCUT2D eigenvalue weighted by molar-refractivity contribution is 5.87. The summed E-state index contributed by atoms with van der Waals surface area (Å²) in [6, 6.07) is 10.7. The number of pyridine rings is 1. The Morgan fingerprint density at radius 2 is 1.95 bits per heavy atom. The Hall–Kier alpha value is -2.43. The van der Waals surface area contributed by atoms with Crippen LogP contribution < -0.4 is 5.32 Å². The predicted molar refractivity (Wildman–Crippen MR) is 85.7 cm³/mol. The molecule has 0 saturated heterocycles. The molecule has 0 amide bonds. The monoisotopic (exact) mass is 294 g/mol. The van der Waals surface area contributed by atoms with Crippen molar-refractivity contribution in [2.45, 2.75) is 38.6 Å². The molecule has 1 aliphatic carbocycles. The molecule has 5 nitrogen and oxygen atoms in total. The topological polar surface area (TPSA) is 63.8 Å². The van der Waals surface area contributed by atoms with Gasteiger partial charge in [-0.25, -0.2) is 4.98 Å². The molecule has 2 heterocycles. The van der Waals surface area contributed by atoms with E-state index in [1.165, 1.54) is 25.7 Å². The molecule has 0 spiro atoms.